The molecule has 2 saturated heterocycles. The van der Waals surface area contributed by atoms with Gasteiger partial charge in [0.25, 0.3) is 0 Å². The van der Waals surface area contributed by atoms with E-state index in [4.69, 9.17) is 4.74 Å². The Bertz CT molecular complexity index is 1970. The maximum absolute atomic E-state index is 15.2. The van der Waals surface area contributed by atoms with Gasteiger partial charge in [-0.2, -0.15) is 0 Å². The second kappa shape index (κ2) is 14.1. The Labute approximate surface area is 357 Å². The molecule has 8 bridgehead atoms. The van der Waals surface area contributed by atoms with Crippen LogP contribution in [-0.4, -0.2) is 90.9 Å². The Morgan fingerprint density at radius 3 is 2.54 bits per heavy atom. The summed E-state index contributed by atoms with van der Waals surface area (Å²) >= 11 is 0. The first-order valence-electron chi connectivity index (χ1n) is 22.8. The summed E-state index contributed by atoms with van der Waals surface area (Å²) in [6, 6.07) is 5.58. The Morgan fingerprint density at radius 2 is 1.75 bits per heavy atom. The standard InChI is InChI=1S/C48H65NO8S2/c1-27(2)28(3)40-41(57-40)47(55)13-7-9-30-20-34-35-22-39(53)45(24-37(52)36(51)23-43(34,45)4)26-59-58-25-31-8-5-6-12-44(31)16-17-49(42(44)54)32-18-29(19-33(50)21-32)10-14-46(30)38(47)11-15-48(35,46)56/h7,9,18-19,21-22,27-28,30-31,34,36-38,40-41,50-52,55-56H,5-6,8,10-17,20,23-26H2,1-4H3/t28-,30-,31-,34+,36+,37-,38+,40+,41-,43-,44+,45-,46-,47-,48-/m1/s1. The monoisotopic (exact) mass is 847 g/mol. The Balaban J connectivity index is 1.14. The third-order valence-electron chi connectivity index (χ3n) is 18.9. The number of epoxide rings is 1. The number of hydrogen-bond donors (Lipinski definition) is 5. The summed E-state index contributed by atoms with van der Waals surface area (Å²) in [7, 11) is 3.42. The first-order valence-corrected chi connectivity index (χ1v) is 25.3. The predicted octanol–water partition coefficient (Wildman–Crippen LogP) is 7.16. The van der Waals surface area contributed by atoms with Crippen molar-refractivity contribution in [1.82, 2.24) is 0 Å². The number of aliphatic hydroxyl groups excluding tert-OH is 2. The lowest BCUT2D eigenvalue weighted by molar-refractivity contribution is -0.194. The molecule has 5 aliphatic heterocycles. The number of phenolic OH excluding ortho intramolecular Hbond substituents is 1. The number of ether oxygens (including phenoxy) is 1. The summed E-state index contributed by atoms with van der Waals surface area (Å²) in [6.07, 6.45) is 11.8. The maximum atomic E-state index is 15.2. The lowest BCUT2D eigenvalue weighted by Gasteiger charge is -2.66. The molecule has 0 radical (unpaired) electrons. The van der Waals surface area contributed by atoms with Gasteiger partial charge in [-0.25, -0.2) is 0 Å². The quantitative estimate of drug-likeness (QED) is 0.120. The van der Waals surface area contributed by atoms with Crippen molar-refractivity contribution >= 4 is 39.0 Å². The highest BCUT2D eigenvalue weighted by Crippen LogP contribution is 2.75. The van der Waals surface area contributed by atoms with Crippen molar-refractivity contribution in [3.8, 4) is 5.75 Å². The van der Waals surface area contributed by atoms with E-state index < -0.39 is 45.1 Å². The van der Waals surface area contributed by atoms with Crippen LogP contribution in [0.25, 0.3) is 0 Å². The summed E-state index contributed by atoms with van der Waals surface area (Å²) in [4.78, 5) is 31.9. The number of carbonyl (C=O) groups is 2. The van der Waals surface area contributed by atoms with E-state index in [1.807, 2.05) is 4.90 Å². The normalized spacial score (nSPS) is 48.4. The molecule has 1 aromatic rings. The third-order valence-corrected chi connectivity index (χ3v) is 21.4. The molecule has 5 heterocycles. The van der Waals surface area contributed by atoms with Gasteiger partial charge in [-0.15, -0.1) is 0 Å². The van der Waals surface area contributed by atoms with Crippen LogP contribution in [0.15, 0.2) is 42.0 Å². The molecular weight excluding hydrogens is 783 g/mol. The molecule has 59 heavy (non-hydrogen) atoms. The van der Waals surface area contributed by atoms with Crippen LogP contribution in [0.4, 0.5) is 5.69 Å². The number of carbonyl (C=O) groups excluding carboxylic acids is 2. The van der Waals surface area contributed by atoms with Gasteiger partial charge in [-0.1, -0.05) is 74.3 Å². The number of aryl methyl sites for hydroxylation is 1. The summed E-state index contributed by atoms with van der Waals surface area (Å²) in [5, 5.41) is 61.3. The fourth-order valence-electron chi connectivity index (χ4n) is 15.2. The van der Waals surface area contributed by atoms with E-state index >= 15 is 4.79 Å². The number of aliphatic hydroxyl groups is 4. The number of allylic oxidation sites excluding steroid dienone is 2. The van der Waals surface area contributed by atoms with Crippen molar-refractivity contribution in [3.05, 3.63) is 47.6 Å². The molecule has 6 fully saturated rings. The lowest BCUT2D eigenvalue weighted by atomic mass is 9.39. The van der Waals surface area contributed by atoms with Gasteiger partial charge < -0.3 is 35.2 Å². The topological polar surface area (TPSA) is 151 Å². The third kappa shape index (κ3) is 5.62. The van der Waals surface area contributed by atoms with E-state index in [0.717, 1.165) is 54.7 Å². The molecule has 15 atom stereocenters. The van der Waals surface area contributed by atoms with E-state index in [2.05, 4.69) is 45.9 Å². The number of aromatic hydroxyl groups is 1. The van der Waals surface area contributed by atoms with Gasteiger partial charge in [0.2, 0.25) is 5.91 Å². The number of benzene rings is 1. The number of anilines is 1. The second-order valence-corrected chi connectivity index (χ2v) is 23.9. The Morgan fingerprint density at radius 1 is 0.949 bits per heavy atom. The number of phenols is 1. The molecule has 11 heteroatoms. The minimum Gasteiger partial charge on any atom is -0.508 e. The van der Waals surface area contributed by atoms with Crippen molar-refractivity contribution in [2.75, 3.05) is 23.0 Å². The van der Waals surface area contributed by atoms with Gasteiger partial charge in [0.15, 0.2) is 5.78 Å². The average molecular weight is 848 g/mol. The molecule has 6 aliphatic carbocycles. The van der Waals surface area contributed by atoms with Crippen molar-refractivity contribution in [3.63, 3.8) is 0 Å². The SMILES string of the molecule is CC(C)[C@@H](C)[C@@H]1O[C@H]1[C@@]1(O)CC=C[C@@H]2C[C@H]3C4=CC(=O)[C@]5(CSSC[C@H]6CCCC[C@]67CCN(C7=O)c6cc(O)cc(c6)CC[C@]26[C@@H]1CC[C@@]46O)C[C@@H](O)[C@@H](O)C[C@]35C. The molecular formula is C48H65NO8S2. The van der Waals surface area contributed by atoms with Crippen molar-refractivity contribution in [2.24, 2.45) is 57.2 Å². The molecule has 0 aromatic heterocycles. The molecule has 3 spiro atoms. The van der Waals surface area contributed by atoms with Crippen LogP contribution in [0.3, 0.4) is 0 Å². The fourth-order valence-corrected chi connectivity index (χ4v) is 18.5. The van der Waals surface area contributed by atoms with Gasteiger partial charge in [0.05, 0.1) is 34.7 Å². The van der Waals surface area contributed by atoms with E-state index in [-0.39, 0.29) is 72.1 Å². The summed E-state index contributed by atoms with van der Waals surface area (Å²) in [5.74, 6) is 1.53. The minimum absolute atomic E-state index is 0.0714. The van der Waals surface area contributed by atoms with Gasteiger partial charge in [0, 0.05) is 41.1 Å². The van der Waals surface area contributed by atoms with Crippen molar-refractivity contribution in [1.29, 1.82) is 0 Å². The van der Waals surface area contributed by atoms with Gasteiger partial charge >= 0.3 is 0 Å². The largest absolute Gasteiger partial charge is 0.508 e. The summed E-state index contributed by atoms with van der Waals surface area (Å²) < 4.78 is 6.48. The van der Waals surface area contributed by atoms with Crippen LogP contribution in [0, 0.1) is 57.2 Å². The van der Waals surface area contributed by atoms with Gasteiger partial charge in [0.1, 0.15) is 17.5 Å². The lowest BCUT2D eigenvalue weighted by Crippen LogP contribution is -2.68. The molecule has 0 unspecified atom stereocenters. The zero-order valence-electron chi connectivity index (χ0n) is 35.3. The van der Waals surface area contributed by atoms with Crippen LogP contribution < -0.4 is 4.90 Å². The molecule has 9 nitrogen and oxygen atoms in total. The zero-order valence-corrected chi connectivity index (χ0v) is 36.9. The predicted molar refractivity (Wildman–Crippen MR) is 231 cm³/mol. The molecule has 1 amide bonds. The average Bonchev–Trinajstić information content (AvgIpc) is 3.88. The Hall–Kier alpha value is -1.86. The summed E-state index contributed by atoms with van der Waals surface area (Å²) in [6.45, 7) is 9.33. The number of rotatable bonds is 3. The number of ketones is 1. The number of amides is 1. The first-order chi connectivity index (χ1) is 28.0. The highest BCUT2D eigenvalue weighted by atomic mass is 33.1. The molecule has 1 aromatic carbocycles. The number of nitrogens with zero attached hydrogens (tertiary/aromatic N) is 1. The van der Waals surface area contributed by atoms with Crippen LogP contribution >= 0.6 is 21.6 Å². The fraction of sp³-hybridized carbons (Fsp3) is 0.750. The van der Waals surface area contributed by atoms with Gasteiger partial charge in [-0.3, -0.25) is 9.59 Å². The van der Waals surface area contributed by atoms with E-state index in [1.54, 1.807) is 39.8 Å². The number of fused-ring (bicyclic) bond motifs is 1. The van der Waals surface area contributed by atoms with E-state index in [9.17, 15) is 30.3 Å². The van der Waals surface area contributed by atoms with Crippen molar-refractivity contribution < 1.29 is 39.9 Å². The maximum Gasteiger partial charge on any atom is 0.233 e. The molecule has 5 N–H and O–H groups in total. The van der Waals surface area contributed by atoms with Crippen LogP contribution in [-0.2, 0) is 20.7 Å². The molecule has 4 saturated carbocycles. The molecule has 12 rings (SSSR count). The highest BCUT2D eigenvalue weighted by molar-refractivity contribution is 8.76. The van der Waals surface area contributed by atoms with Crippen LogP contribution in [0.2, 0.25) is 0 Å². The van der Waals surface area contributed by atoms with E-state index in [0.29, 0.717) is 56.7 Å². The zero-order chi connectivity index (χ0) is 41.5. The van der Waals surface area contributed by atoms with Crippen LogP contribution in [0.5, 0.6) is 5.75 Å². The molecule has 322 valence electrons. The second-order valence-electron chi connectivity index (χ2n) is 21.4. The minimum atomic E-state index is -1.44. The summed E-state index contributed by atoms with van der Waals surface area (Å²) in [5.41, 5.74) is -3.36. The van der Waals surface area contributed by atoms with E-state index in [1.165, 1.54) is 0 Å². The molecule has 11 aliphatic rings. The Kier molecular flexibility index (Phi) is 9.82. The smallest absolute Gasteiger partial charge is 0.233 e. The first kappa shape index (κ1) is 41.2. The number of hydrogen-bond acceptors (Lipinski definition) is 10. The van der Waals surface area contributed by atoms with Crippen molar-refractivity contribution in [2.45, 2.75) is 147 Å². The van der Waals surface area contributed by atoms with Gasteiger partial charge in [-0.05, 0) is 135 Å². The highest BCUT2D eigenvalue weighted by Gasteiger charge is 2.77. The van der Waals surface area contributed by atoms with Crippen LogP contribution in [0.1, 0.15) is 110 Å².